The molecular weight excluding hydrogens is 224 g/mol. The molecule has 0 aromatic carbocycles. The van der Waals surface area contributed by atoms with Crippen molar-refractivity contribution >= 4 is 23.1 Å². The van der Waals surface area contributed by atoms with Crippen molar-refractivity contribution in [2.45, 2.75) is 32.3 Å². The van der Waals surface area contributed by atoms with Crippen LogP contribution in [0.1, 0.15) is 26.2 Å². The summed E-state index contributed by atoms with van der Waals surface area (Å²) in [5.41, 5.74) is 5.15. The molecule has 90 valence electrons. The average Bonchev–Trinajstić information content (AvgIpc) is 3.09. The molecule has 4 nitrogen and oxygen atoms in total. The lowest BCUT2D eigenvalue weighted by Crippen LogP contribution is -2.50. The van der Waals surface area contributed by atoms with Crippen LogP contribution in [0.5, 0.6) is 0 Å². The molecule has 0 bridgehead atoms. The van der Waals surface area contributed by atoms with Gasteiger partial charge in [0, 0.05) is 13.1 Å². The van der Waals surface area contributed by atoms with E-state index in [9.17, 15) is 4.79 Å². The first kappa shape index (κ1) is 11.8. The third-order valence-corrected chi connectivity index (χ3v) is 3.90. The van der Waals surface area contributed by atoms with E-state index in [0.29, 0.717) is 24.7 Å². The van der Waals surface area contributed by atoms with E-state index in [0.717, 1.165) is 19.3 Å². The number of hydrogen-bond donors (Lipinski definition) is 1. The maximum Gasteiger partial charge on any atom is 0.235 e. The van der Waals surface area contributed by atoms with Crippen LogP contribution in [-0.4, -0.2) is 41.6 Å². The van der Waals surface area contributed by atoms with E-state index in [2.05, 4.69) is 6.92 Å². The summed E-state index contributed by atoms with van der Waals surface area (Å²) in [5.74, 6) is 0.113. The van der Waals surface area contributed by atoms with Gasteiger partial charge < -0.3 is 15.4 Å². The van der Waals surface area contributed by atoms with Crippen molar-refractivity contribution in [1.29, 1.82) is 0 Å². The zero-order valence-electron chi connectivity index (χ0n) is 9.57. The molecule has 2 N–H and O–H groups in total. The molecule has 0 spiro atoms. The number of amides is 1. The summed E-state index contributed by atoms with van der Waals surface area (Å²) in [6.45, 7) is 4.04. The Morgan fingerprint density at radius 3 is 2.81 bits per heavy atom. The highest BCUT2D eigenvalue weighted by molar-refractivity contribution is 7.80. The topological polar surface area (TPSA) is 55.6 Å². The Hall–Kier alpha value is -0.680. The summed E-state index contributed by atoms with van der Waals surface area (Å²) in [6, 6.07) is 0. The molecule has 1 aliphatic carbocycles. The molecule has 0 aromatic rings. The van der Waals surface area contributed by atoms with E-state index in [1.165, 1.54) is 0 Å². The molecule has 0 aromatic heterocycles. The van der Waals surface area contributed by atoms with Crippen LogP contribution in [-0.2, 0) is 9.53 Å². The predicted octanol–water partition coefficient (Wildman–Crippen LogP) is 0.690. The van der Waals surface area contributed by atoms with Gasteiger partial charge in [-0.2, -0.15) is 0 Å². The largest absolute Gasteiger partial charge is 0.392 e. The molecule has 1 heterocycles. The average molecular weight is 242 g/mol. The van der Waals surface area contributed by atoms with E-state index in [-0.39, 0.29) is 12.0 Å². The Kier molecular flexibility index (Phi) is 3.17. The number of morpholine rings is 1. The number of carbonyl (C=O) groups excluding carboxylic acids is 1. The molecule has 1 saturated carbocycles. The Morgan fingerprint density at radius 2 is 2.31 bits per heavy atom. The van der Waals surface area contributed by atoms with Crippen molar-refractivity contribution in [3.8, 4) is 0 Å². The summed E-state index contributed by atoms with van der Waals surface area (Å²) >= 11 is 5.00. The second kappa shape index (κ2) is 4.30. The van der Waals surface area contributed by atoms with Gasteiger partial charge in [-0.15, -0.1) is 0 Å². The Morgan fingerprint density at radius 1 is 1.62 bits per heavy atom. The Labute approximate surface area is 101 Å². The minimum Gasteiger partial charge on any atom is -0.392 e. The summed E-state index contributed by atoms with van der Waals surface area (Å²) < 4.78 is 5.54. The first-order valence-corrected chi connectivity index (χ1v) is 6.22. The molecule has 1 unspecified atom stereocenters. The van der Waals surface area contributed by atoms with E-state index >= 15 is 0 Å². The maximum atomic E-state index is 12.3. The number of nitrogens with zero attached hydrogens (tertiary/aromatic N) is 1. The molecule has 5 heteroatoms. The lowest BCUT2D eigenvalue weighted by atomic mass is 10.0. The fourth-order valence-electron chi connectivity index (χ4n) is 2.14. The lowest BCUT2D eigenvalue weighted by Gasteiger charge is -2.34. The molecule has 1 saturated heterocycles. The molecule has 16 heavy (non-hydrogen) atoms. The number of nitrogens with two attached hydrogens (primary N) is 1. The second-order valence-electron chi connectivity index (χ2n) is 4.60. The zero-order chi connectivity index (χ0) is 11.8. The van der Waals surface area contributed by atoms with Gasteiger partial charge in [-0.3, -0.25) is 4.79 Å². The number of carbonyl (C=O) groups is 1. The van der Waals surface area contributed by atoms with E-state index in [1.807, 2.05) is 4.90 Å². The Balaban J connectivity index is 2.02. The lowest BCUT2D eigenvalue weighted by molar-refractivity contribution is -0.142. The third-order valence-electron chi connectivity index (χ3n) is 3.51. The monoisotopic (exact) mass is 242 g/mol. The Bertz CT molecular complexity index is 315. The molecule has 2 fully saturated rings. The summed E-state index contributed by atoms with van der Waals surface area (Å²) in [7, 11) is 0. The normalized spacial score (nSPS) is 27.6. The van der Waals surface area contributed by atoms with Crippen molar-refractivity contribution in [3.63, 3.8) is 0 Å². The van der Waals surface area contributed by atoms with Gasteiger partial charge in [0.25, 0.3) is 0 Å². The fourth-order valence-corrected chi connectivity index (χ4v) is 2.44. The van der Waals surface area contributed by atoms with Gasteiger partial charge in [-0.1, -0.05) is 19.1 Å². The zero-order valence-corrected chi connectivity index (χ0v) is 10.4. The third kappa shape index (κ3) is 1.94. The van der Waals surface area contributed by atoms with E-state index in [4.69, 9.17) is 22.7 Å². The van der Waals surface area contributed by atoms with Crippen LogP contribution in [0.15, 0.2) is 0 Å². The van der Waals surface area contributed by atoms with Crippen molar-refractivity contribution < 1.29 is 9.53 Å². The van der Waals surface area contributed by atoms with Crippen molar-refractivity contribution in [1.82, 2.24) is 4.90 Å². The van der Waals surface area contributed by atoms with Crippen molar-refractivity contribution in [2.24, 2.45) is 11.1 Å². The van der Waals surface area contributed by atoms with Gasteiger partial charge in [0.1, 0.15) is 0 Å². The highest BCUT2D eigenvalue weighted by Crippen LogP contribution is 2.47. The number of hydrogen-bond acceptors (Lipinski definition) is 3. The van der Waals surface area contributed by atoms with Crippen LogP contribution < -0.4 is 5.73 Å². The standard InChI is InChI=1S/C11H18N2O2S/c1-2-8-7-13(5-6-15-8)10(14)11(3-4-11)9(12)16/h8H,2-7H2,1H3,(H2,12,16). The van der Waals surface area contributed by atoms with Gasteiger partial charge in [-0.25, -0.2) is 0 Å². The predicted molar refractivity (Wildman–Crippen MR) is 65.1 cm³/mol. The minimum absolute atomic E-state index is 0.113. The van der Waals surface area contributed by atoms with E-state index in [1.54, 1.807) is 0 Å². The van der Waals surface area contributed by atoms with Gasteiger partial charge >= 0.3 is 0 Å². The highest BCUT2D eigenvalue weighted by Gasteiger charge is 2.54. The quantitative estimate of drug-likeness (QED) is 0.740. The molecule has 1 amide bonds. The van der Waals surface area contributed by atoms with Crippen LogP contribution in [0, 0.1) is 5.41 Å². The van der Waals surface area contributed by atoms with Crippen LogP contribution in [0.4, 0.5) is 0 Å². The summed E-state index contributed by atoms with van der Waals surface area (Å²) in [5, 5.41) is 0. The maximum absolute atomic E-state index is 12.3. The van der Waals surface area contributed by atoms with Crippen molar-refractivity contribution in [2.75, 3.05) is 19.7 Å². The molecule has 2 rings (SSSR count). The first-order chi connectivity index (χ1) is 7.60. The second-order valence-corrected chi connectivity index (χ2v) is 5.04. The van der Waals surface area contributed by atoms with Crippen LogP contribution in [0.3, 0.4) is 0 Å². The van der Waals surface area contributed by atoms with Crippen LogP contribution in [0.2, 0.25) is 0 Å². The molecular formula is C11H18N2O2S. The minimum atomic E-state index is -0.509. The van der Waals surface area contributed by atoms with Crippen LogP contribution in [0.25, 0.3) is 0 Å². The summed E-state index contributed by atoms with van der Waals surface area (Å²) in [4.78, 5) is 14.5. The number of rotatable bonds is 3. The van der Waals surface area contributed by atoms with Gasteiger partial charge in [0.15, 0.2) is 0 Å². The highest BCUT2D eigenvalue weighted by atomic mass is 32.1. The molecule has 2 aliphatic rings. The number of ether oxygens (including phenoxy) is 1. The first-order valence-electron chi connectivity index (χ1n) is 5.81. The SMILES string of the molecule is CCC1CN(C(=O)C2(C(N)=S)CC2)CCO1. The van der Waals surface area contributed by atoms with Crippen LogP contribution >= 0.6 is 12.2 Å². The van der Waals surface area contributed by atoms with Gasteiger partial charge in [-0.05, 0) is 19.3 Å². The molecule has 1 atom stereocenters. The van der Waals surface area contributed by atoms with E-state index < -0.39 is 5.41 Å². The molecule has 0 radical (unpaired) electrons. The van der Waals surface area contributed by atoms with Gasteiger partial charge in [0.05, 0.1) is 23.1 Å². The molecule has 1 aliphatic heterocycles. The van der Waals surface area contributed by atoms with Gasteiger partial charge in [0.2, 0.25) is 5.91 Å². The smallest absolute Gasteiger partial charge is 0.235 e. The fraction of sp³-hybridized carbons (Fsp3) is 0.818. The number of thiocarbonyl (C=S) groups is 1. The van der Waals surface area contributed by atoms with Crippen molar-refractivity contribution in [3.05, 3.63) is 0 Å². The summed E-state index contributed by atoms with van der Waals surface area (Å²) in [6.07, 6.45) is 2.73.